The van der Waals surface area contributed by atoms with Crippen molar-refractivity contribution in [3.05, 3.63) is 52.3 Å². The van der Waals surface area contributed by atoms with E-state index >= 15 is 0 Å². The molecule has 2 aromatic rings. The second kappa shape index (κ2) is 5.21. The highest BCUT2D eigenvalue weighted by Gasteiger charge is 2.25. The van der Waals surface area contributed by atoms with Crippen molar-refractivity contribution < 1.29 is 4.79 Å². The van der Waals surface area contributed by atoms with Crippen molar-refractivity contribution in [3.63, 3.8) is 0 Å². The van der Waals surface area contributed by atoms with Crippen molar-refractivity contribution in [3.8, 4) is 0 Å². The largest absolute Gasteiger partial charge is 0.306 e. The van der Waals surface area contributed by atoms with Gasteiger partial charge in [0.25, 0.3) is 5.91 Å². The summed E-state index contributed by atoms with van der Waals surface area (Å²) in [5, 5.41) is 7.91. The standard InChI is InChI=1S/C15H14ClN3O/c1-10-4-2-5-11-6-3-9-19(14(10)11)15(20)12-7-8-13(16)18-17-12/h2,4-5,7-8H,3,6,9H2,1H3. The number of fused-ring (bicyclic) bond motifs is 1. The number of halogens is 1. The first-order valence-corrected chi connectivity index (χ1v) is 6.94. The van der Waals surface area contributed by atoms with E-state index in [4.69, 9.17) is 11.6 Å². The zero-order valence-electron chi connectivity index (χ0n) is 11.1. The van der Waals surface area contributed by atoms with Crippen LogP contribution in [-0.2, 0) is 6.42 Å². The zero-order chi connectivity index (χ0) is 14.1. The van der Waals surface area contributed by atoms with Crippen LogP contribution in [0.25, 0.3) is 0 Å². The number of aromatic nitrogens is 2. The van der Waals surface area contributed by atoms with E-state index in [0.29, 0.717) is 12.2 Å². The van der Waals surface area contributed by atoms with Crippen LogP contribution in [-0.4, -0.2) is 22.6 Å². The smallest absolute Gasteiger partial charge is 0.278 e. The van der Waals surface area contributed by atoms with Crippen molar-refractivity contribution in [1.29, 1.82) is 0 Å². The molecule has 1 amide bonds. The molecule has 0 radical (unpaired) electrons. The molecule has 1 aromatic heterocycles. The maximum Gasteiger partial charge on any atom is 0.278 e. The summed E-state index contributed by atoms with van der Waals surface area (Å²) in [6.45, 7) is 2.74. The van der Waals surface area contributed by atoms with Gasteiger partial charge in [0.1, 0.15) is 0 Å². The Morgan fingerprint density at radius 2 is 2.10 bits per heavy atom. The quantitative estimate of drug-likeness (QED) is 0.810. The fraction of sp³-hybridized carbons (Fsp3) is 0.267. The number of aryl methyl sites for hydroxylation is 2. The van der Waals surface area contributed by atoms with Crippen molar-refractivity contribution in [2.75, 3.05) is 11.4 Å². The van der Waals surface area contributed by atoms with Gasteiger partial charge in [0, 0.05) is 6.54 Å². The fourth-order valence-corrected chi connectivity index (χ4v) is 2.72. The summed E-state index contributed by atoms with van der Waals surface area (Å²) < 4.78 is 0. The Balaban J connectivity index is 2.00. The highest BCUT2D eigenvalue weighted by molar-refractivity contribution is 6.29. The number of hydrogen-bond acceptors (Lipinski definition) is 3. The van der Waals surface area contributed by atoms with E-state index in [1.807, 2.05) is 19.1 Å². The molecule has 0 aliphatic carbocycles. The summed E-state index contributed by atoms with van der Waals surface area (Å²) in [6.07, 6.45) is 1.97. The number of rotatable bonds is 1. The third-order valence-electron chi connectivity index (χ3n) is 3.52. The van der Waals surface area contributed by atoms with E-state index < -0.39 is 0 Å². The normalized spacial score (nSPS) is 14.0. The molecule has 0 spiro atoms. The number of amides is 1. The number of benzene rings is 1. The minimum atomic E-state index is -0.121. The van der Waals surface area contributed by atoms with Gasteiger partial charge in [-0.15, -0.1) is 10.2 Å². The molecule has 0 saturated carbocycles. The van der Waals surface area contributed by atoms with Gasteiger partial charge >= 0.3 is 0 Å². The zero-order valence-corrected chi connectivity index (χ0v) is 11.9. The molecular weight excluding hydrogens is 274 g/mol. The van der Waals surface area contributed by atoms with Crippen LogP contribution in [0.3, 0.4) is 0 Å². The fourth-order valence-electron chi connectivity index (χ4n) is 2.62. The minimum Gasteiger partial charge on any atom is -0.306 e. The first kappa shape index (κ1) is 13.1. The van der Waals surface area contributed by atoms with E-state index in [2.05, 4.69) is 16.3 Å². The lowest BCUT2D eigenvalue weighted by atomic mass is 9.98. The number of nitrogens with zero attached hydrogens (tertiary/aromatic N) is 3. The third kappa shape index (κ3) is 2.27. The van der Waals surface area contributed by atoms with Crippen LogP contribution in [0.1, 0.15) is 28.0 Å². The van der Waals surface area contributed by atoms with Gasteiger partial charge < -0.3 is 4.90 Å². The molecule has 1 aromatic carbocycles. The lowest BCUT2D eigenvalue weighted by Gasteiger charge is -2.30. The Morgan fingerprint density at radius 3 is 2.85 bits per heavy atom. The maximum atomic E-state index is 12.6. The number of carbonyl (C=O) groups is 1. The van der Waals surface area contributed by atoms with E-state index in [-0.39, 0.29) is 11.1 Å². The second-order valence-corrected chi connectivity index (χ2v) is 5.27. The van der Waals surface area contributed by atoms with E-state index in [1.54, 1.807) is 17.0 Å². The molecule has 0 N–H and O–H groups in total. The van der Waals surface area contributed by atoms with Gasteiger partial charge in [0.2, 0.25) is 0 Å². The number of anilines is 1. The Hall–Kier alpha value is -1.94. The van der Waals surface area contributed by atoms with Crippen molar-refractivity contribution in [1.82, 2.24) is 10.2 Å². The summed E-state index contributed by atoms with van der Waals surface area (Å²) in [7, 11) is 0. The predicted molar refractivity (Wildman–Crippen MR) is 78.2 cm³/mol. The van der Waals surface area contributed by atoms with Gasteiger partial charge in [-0.25, -0.2) is 0 Å². The van der Waals surface area contributed by atoms with Crippen LogP contribution in [0.15, 0.2) is 30.3 Å². The van der Waals surface area contributed by atoms with Crippen LogP contribution in [0.4, 0.5) is 5.69 Å². The molecule has 3 rings (SSSR count). The van der Waals surface area contributed by atoms with Gasteiger partial charge in [-0.3, -0.25) is 4.79 Å². The van der Waals surface area contributed by atoms with Crippen molar-refractivity contribution >= 4 is 23.2 Å². The summed E-state index contributed by atoms with van der Waals surface area (Å²) in [6, 6.07) is 9.34. The molecule has 0 unspecified atom stereocenters. The Bertz CT molecular complexity index is 655. The van der Waals surface area contributed by atoms with Gasteiger partial charge in [-0.05, 0) is 43.0 Å². The van der Waals surface area contributed by atoms with Crippen LogP contribution in [0, 0.1) is 6.92 Å². The average Bonchev–Trinajstić information content (AvgIpc) is 2.47. The highest BCUT2D eigenvalue weighted by Crippen LogP contribution is 2.31. The SMILES string of the molecule is Cc1cccc2c1N(C(=O)c1ccc(Cl)nn1)CCC2. The molecule has 20 heavy (non-hydrogen) atoms. The first-order chi connectivity index (χ1) is 9.66. The van der Waals surface area contributed by atoms with Crippen LogP contribution in [0.2, 0.25) is 5.15 Å². The lowest BCUT2D eigenvalue weighted by Crippen LogP contribution is -2.36. The van der Waals surface area contributed by atoms with Gasteiger partial charge in [-0.2, -0.15) is 0 Å². The Morgan fingerprint density at radius 1 is 1.25 bits per heavy atom. The van der Waals surface area contributed by atoms with Gasteiger partial charge in [-0.1, -0.05) is 29.8 Å². The summed E-state index contributed by atoms with van der Waals surface area (Å²) in [4.78, 5) is 14.4. The van der Waals surface area contributed by atoms with Crippen LogP contribution < -0.4 is 4.90 Å². The molecule has 0 bridgehead atoms. The van der Waals surface area contributed by atoms with Crippen LogP contribution in [0.5, 0.6) is 0 Å². The number of hydrogen-bond donors (Lipinski definition) is 0. The molecule has 0 saturated heterocycles. The van der Waals surface area contributed by atoms with E-state index in [0.717, 1.165) is 24.1 Å². The summed E-state index contributed by atoms with van der Waals surface area (Å²) in [5.74, 6) is -0.121. The van der Waals surface area contributed by atoms with Gasteiger partial charge in [0.15, 0.2) is 10.8 Å². The molecule has 1 aliphatic heterocycles. The van der Waals surface area contributed by atoms with Gasteiger partial charge in [0.05, 0.1) is 5.69 Å². The Labute approximate surface area is 122 Å². The first-order valence-electron chi connectivity index (χ1n) is 6.56. The van der Waals surface area contributed by atoms with Crippen LogP contribution >= 0.6 is 11.6 Å². The Kier molecular flexibility index (Phi) is 3.40. The van der Waals surface area contributed by atoms with E-state index in [9.17, 15) is 4.79 Å². The third-order valence-corrected chi connectivity index (χ3v) is 3.72. The van der Waals surface area contributed by atoms with Crippen molar-refractivity contribution in [2.24, 2.45) is 0 Å². The second-order valence-electron chi connectivity index (χ2n) is 4.88. The number of para-hydroxylation sites is 1. The topological polar surface area (TPSA) is 46.1 Å². The lowest BCUT2D eigenvalue weighted by molar-refractivity contribution is 0.0979. The minimum absolute atomic E-state index is 0.121. The average molecular weight is 288 g/mol. The number of carbonyl (C=O) groups excluding carboxylic acids is 1. The molecule has 102 valence electrons. The molecule has 0 atom stereocenters. The molecule has 0 fully saturated rings. The molecular formula is C15H14ClN3O. The monoisotopic (exact) mass is 287 g/mol. The molecule has 1 aliphatic rings. The van der Waals surface area contributed by atoms with E-state index in [1.165, 1.54) is 5.56 Å². The molecule has 5 heteroatoms. The summed E-state index contributed by atoms with van der Waals surface area (Å²) >= 11 is 5.71. The molecule has 4 nitrogen and oxygen atoms in total. The predicted octanol–water partition coefficient (Wildman–Crippen LogP) is 3.03. The molecule has 2 heterocycles. The highest BCUT2D eigenvalue weighted by atomic mass is 35.5. The maximum absolute atomic E-state index is 12.6. The summed E-state index contributed by atoms with van der Waals surface area (Å²) in [5.41, 5.74) is 3.66. The van der Waals surface area contributed by atoms with Crippen molar-refractivity contribution in [2.45, 2.75) is 19.8 Å².